The average molecular weight is 474 g/mol. The first kappa shape index (κ1) is 29.2. The first-order chi connectivity index (χ1) is 12.5. The van der Waals surface area contributed by atoms with Crippen molar-refractivity contribution in [1.29, 1.82) is 0 Å². The average Bonchev–Trinajstić information content (AvgIpc) is 3.06. The van der Waals surface area contributed by atoms with Gasteiger partial charge in [-0.15, -0.1) is 13.2 Å². The molecule has 0 N–H and O–H groups in total. The summed E-state index contributed by atoms with van der Waals surface area (Å²) in [5, 5.41) is 3.12. The summed E-state index contributed by atoms with van der Waals surface area (Å²) in [6.07, 6.45) is 9.97. The SMILES string of the molecule is CC(C)(C)P(C1[C-]=CC=C1)C(C)(C)C.CC(C)(C)P(c1ccc[cH-]1)C(C)(C)C.[Fe+2]. The van der Waals surface area contributed by atoms with Gasteiger partial charge in [-0.05, 0) is 20.6 Å². The summed E-state index contributed by atoms with van der Waals surface area (Å²) >= 11 is 0. The second-order valence-electron chi connectivity index (χ2n) is 11.7. The molecule has 0 spiro atoms. The Morgan fingerprint density at radius 1 is 0.793 bits per heavy atom. The van der Waals surface area contributed by atoms with Crippen LogP contribution in [-0.2, 0) is 17.1 Å². The smallest absolute Gasteiger partial charge is 0.265 e. The molecule has 0 bridgehead atoms. The second-order valence-corrected chi connectivity index (χ2v) is 19.5. The van der Waals surface area contributed by atoms with E-state index in [2.05, 4.69) is 132 Å². The number of allylic oxidation sites excluding steroid dienone is 4. The fourth-order valence-electron chi connectivity index (χ4n) is 4.67. The van der Waals surface area contributed by atoms with Gasteiger partial charge in [-0.3, -0.25) is 6.08 Å². The monoisotopic (exact) mass is 474 g/mol. The first-order valence-electron chi connectivity index (χ1n) is 10.5. The Balaban J connectivity index is 0.000000523. The van der Waals surface area contributed by atoms with Crippen LogP contribution in [0.2, 0.25) is 0 Å². The van der Waals surface area contributed by atoms with Crippen LogP contribution in [0.25, 0.3) is 0 Å². The van der Waals surface area contributed by atoms with E-state index < -0.39 is 0 Å². The zero-order valence-electron chi connectivity index (χ0n) is 20.9. The Bertz CT molecular complexity index is 601. The zero-order valence-corrected chi connectivity index (χ0v) is 23.8. The number of hydrogen-bond acceptors (Lipinski definition) is 0. The van der Waals surface area contributed by atoms with Crippen LogP contribution in [0, 0.1) is 6.08 Å². The molecule has 1 aliphatic rings. The molecular weight excluding hydrogens is 430 g/mol. The van der Waals surface area contributed by atoms with E-state index in [1.165, 1.54) is 0 Å². The number of rotatable bonds is 2. The molecule has 0 radical (unpaired) electrons. The van der Waals surface area contributed by atoms with Crippen LogP contribution in [0.4, 0.5) is 0 Å². The molecule has 1 atom stereocenters. The molecule has 0 amide bonds. The maximum atomic E-state index is 3.46. The van der Waals surface area contributed by atoms with E-state index in [1.807, 2.05) is 0 Å². The van der Waals surface area contributed by atoms with Crippen LogP contribution < -0.4 is 5.30 Å². The molecule has 0 aliphatic heterocycles. The number of hydrogen-bond donors (Lipinski definition) is 0. The van der Waals surface area contributed by atoms with Crippen LogP contribution in [0.3, 0.4) is 0 Å². The van der Waals surface area contributed by atoms with E-state index in [1.54, 1.807) is 5.30 Å². The second kappa shape index (κ2) is 10.7. The van der Waals surface area contributed by atoms with Crippen molar-refractivity contribution >= 4 is 21.1 Å². The molecule has 0 nitrogen and oxygen atoms in total. The fourth-order valence-corrected chi connectivity index (χ4v) is 12.9. The maximum Gasteiger partial charge on any atom is 2.00 e. The third-order valence-electron chi connectivity index (χ3n) is 4.63. The van der Waals surface area contributed by atoms with Gasteiger partial charge in [0.05, 0.1) is 0 Å². The third kappa shape index (κ3) is 9.08. The molecule has 0 saturated heterocycles. The Kier molecular flexibility index (Phi) is 10.8. The van der Waals surface area contributed by atoms with Crippen molar-refractivity contribution in [2.45, 2.75) is 109 Å². The summed E-state index contributed by atoms with van der Waals surface area (Å²) in [7, 11) is -0.174. The first-order valence-corrected chi connectivity index (χ1v) is 13.3. The van der Waals surface area contributed by atoms with E-state index in [9.17, 15) is 0 Å². The van der Waals surface area contributed by atoms with Crippen molar-refractivity contribution < 1.29 is 17.1 Å². The van der Waals surface area contributed by atoms with Crippen molar-refractivity contribution in [1.82, 2.24) is 0 Å². The minimum absolute atomic E-state index is 0. The summed E-state index contributed by atoms with van der Waals surface area (Å²) in [6.45, 7) is 28.3. The minimum atomic E-state index is -0.101. The van der Waals surface area contributed by atoms with Gasteiger partial charge in [0.15, 0.2) is 0 Å². The van der Waals surface area contributed by atoms with Crippen LogP contribution in [0.5, 0.6) is 0 Å². The summed E-state index contributed by atoms with van der Waals surface area (Å²) < 4.78 is 0. The normalized spacial score (nSPS) is 17.4. The van der Waals surface area contributed by atoms with Crippen LogP contribution in [0.1, 0.15) is 83.1 Å². The molecule has 0 heterocycles. The van der Waals surface area contributed by atoms with Crippen molar-refractivity contribution in [3.8, 4) is 0 Å². The van der Waals surface area contributed by atoms with Gasteiger partial charge in [-0.2, -0.15) is 18.2 Å². The van der Waals surface area contributed by atoms with Crippen molar-refractivity contribution in [2.24, 2.45) is 0 Å². The molecule has 29 heavy (non-hydrogen) atoms. The standard InChI is InChI=1S/2C13H22P.Fe/c2*1-12(2,3)14(13(4,5)6)11-9-7-8-10-11;/h7-9,11H,1-6H3;7-10H,1-6H3;/q2*-1;+2. The Hall–Kier alpha value is 0.209. The topological polar surface area (TPSA) is 0 Å². The van der Waals surface area contributed by atoms with Crippen molar-refractivity contribution in [3.05, 3.63) is 48.6 Å². The van der Waals surface area contributed by atoms with Gasteiger partial charge in [-0.1, -0.05) is 96.7 Å². The Morgan fingerprint density at radius 2 is 1.28 bits per heavy atom. The fraction of sp³-hybridized carbons (Fsp3) is 0.654. The Morgan fingerprint density at radius 3 is 1.55 bits per heavy atom. The van der Waals surface area contributed by atoms with E-state index in [-0.39, 0.29) is 32.9 Å². The molecule has 3 heteroatoms. The van der Waals surface area contributed by atoms with Crippen LogP contribution >= 0.6 is 15.8 Å². The van der Waals surface area contributed by atoms with Gasteiger partial charge < -0.3 is 0 Å². The predicted octanol–water partition coefficient (Wildman–Crippen LogP) is 8.47. The quantitative estimate of drug-likeness (QED) is 0.229. The van der Waals surface area contributed by atoms with E-state index in [4.69, 9.17) is 0 Å². The molecule has 2 rings (SSSR count). The van der Waals surface area contributed by atoms with Crippen LogP contribution in [-0.4, -0.2) is 26.3 Å². The minimum Gasteiger partial charge on any atom is -0.265 e. The molecule has 1 aromatic carbocycles. The summed E-state index contributed by atoms with van der Waals surface area (Å²) in [5.74, 6) is 0. The van der Waals surface area contributed by atoms with E-state index in [0.717, 1.165) is 0 Å². The molecule has 0 aromatic heterocycles. The molecule has 1 aliphatic carbocycles. The molecule has 1 unspecified atom stereocenters. The predicted molar refractivity (Wildman–Crippen MR) is 135 cm³/mol. The van der Waals surface area contributed by atoms with E-state index >= 15 is 0 Å². The van der Waals surface area contributed by atoms with Gasteiger partial charge in [-0.25, -0.2) is 24.3 Å². The summed E-state index contributed by atoms with van der Waals surface area (Å²) in [5.41, 5.74) is 0.560. The van der Waals surface area contributed by atoms with Gasteiger partial charge in [0, 0.05) is 0 Å². The molecule has 166 valence electrons. The van der Waals surface area contributed by atoms with Crippen LogP contribution in [0.15, 0.2) is 42.5 Å². The molecule has 0 saturated carbocycles. The molecular formula is C26H44FeP2. The largest absolute Gasteiger partial charge is 2.00 e. The Labute approximate surface area is 195 Å². The van der Waals surface area contributed by atoms with E-state index in [0.29, 0.717) is 26.3 Å². The summed E-state index contributed by atoms with van der Waals surface area (Å²) in [6, 6.07) is 8.87. The van der Waals surface area contributed by atoms with Gasteiger partial charge in [0.1, 0.15) is 0 Å². The molecule has 1 aromatic rings. The summed E-state index contributed by atoms with van der Waals surface area (Å²) in [4.78, 5) is 0. The van der Waals surface area contributed by atoms with Crippen molar-refractivity contribution in [2.75, 3.05) is 0 Å². The maximum absolute atomic E-state index is 3.46. The zero-order chi connectivity index (χ0) is 22.0. The van der Waals surface area contributed by atoms with Gasteiger partial charge in [0.25, 0.3) is 0 Å². The molecule has 0 fully saturated rings. The van der Waals surface area contributed by atoms with Gasteiger partial charge >= 0.3 is 17.1 Å². The van der Waals surface area contributed by atoms with Crippen molar-refractivity contribution in [3.63, 3.8) is 0 Å². The van der Waals surface area contributed by atoms with Gasteiger partial charge in [0.2, 0.25) is 0 Å². The third-order valence-corrected chi connectivity index (χ3v) is 11.9.